The number of nitriles is 1. The molecule has 1 aromatic carbocycles. The van der Waals surface area contributed by atoms with E-state index in [1.807, 2.05) is 6.92 Å². The molecule has 0 radical (unpaired) electrons. The van der Waals surface area contributed by atoms with Crippen LogP contribution in [0, 0.1) is 11.3 Å². The summed E-state index contributed by atoms with van der Waals surface area (Å²) in [6.45, 7) is 1.98. The molecule has 1 aliphatic rings. The fourth-order valence-corrected chi connectivity index (χ4v) is 3.13. The second-order valence-corrected chi connectivity index (χ2v) is 6.59. The van der Waals surface area contributed by atoms with E-state index < -0.39 is 24.0 Å². The summed E-state index contributed by atoms with van der Waals surface area (Å²) in [4.78, 5) is 23.9. The van der Waals surface area contributed by atoms with Gasteiger partial charge in [0.2, 0.25) is 0 Å². The summed E-state index contributed by atoms with van der Waals surface area (Å²) >= 11 is 0. The third kappa shape index (κ3) is 6.02. The Morgan fingerprint density at radius 3 is 2.64 bits per heavy atom. The summed E-state index contributed by atoms with van der Waals surface area (Å²) in [6.07, 6.45) is 6.93. The van der Waals surface area contributed by atoms with Gasteiger partial charge in [-0.1, -0.05) is 25.3 Å². The summed E-state index contributed by atoms with van der Waals surface area (Å²) in [5.41, 5.74) is -0.108. The van der Waals surface area contributed by atoms with E-state index in [1.165, 1.54) is 6.08 Å². The van der Waals surface area contributed by atoms with E-state index in [9.17, 15) is 14.9 Å². The molecule has 0 saturated heterocycles. The molecule has 28 heavy (non-hydrogen) atoms. The lowest BCUT2D eigenvalue weighted by atomic mass is 9.83. The molecular weight excluding hydrogens is 360 g/mol. The third-order valence-electron chi connectivity index (χ3n) is 4.54. The first-order valence-electron chi connectivity index (χ1n) is 9.40. The Morgan fingerprint density at radius 1 is 1.25 bits per heavy atom. The second-order valence-electron chi connectivity index (χ2n) is 6.59. The lowest BCUT2D eigenvalue weighted by molar-refractivity contribution is -0.144. The molecule has 0 heterocycles. The van der Waals surface area contributed by atoms with Crippen LogP contribution in [-0.2, 0) is 14.3 Å². The first-order chi connectivity index (χ1) is 13.5. The quantitative estimate of drug-likeness (QED) is 0.545. The van der Waals surface area contributed by atoms with Crippen LogP contribution in [0.5, 0.6) is 11.5 Å². The minimum atomic E-state index is -0.837. The maximum absolute atomic E-state index is 12.0. The molecule has 1 aromatic rings. The van der Waals surface area contributed by atoms with Crippen molar-refractivity contribution in [2.24, 2.45) is 0 Å². The average molecular weight is 386 g/mol. The van der Waals surface area contributed by atoms with E-state index >= 15 is 0 Å². The van der Waals surface area contributed by atoms with Crippen molar-refractivity contribution in [1.82, 2.24) is 5.32 Å². The fraction of sp³-hybridized carbons (Fsp3) is 0.476. The van der Waals surface area contributed by atoms with E-state index in [4.69, 9.17) is 14.2 Å². The first-order valence-corrected chi connectivity index (χ1v) is 9.40. The molecular formula is C21H26N2O5. The van der Waals surface area contributed by atoms with Crippen LogP contribution in [0.3, 0.4) is 0 Å². The van der Waals surface area contributed by atoms with Crippen LogP contribution < -0.4 is 14.8 Å². The van der Waals surface area contributed by atoms with Gasteiger partial charge in [0.15, 0.2) is 18.1 Å². The first kappa shape index (κ1) is 21.3. The molecule has 1 aliphatic carbocycles. The van der Waals surface area contributed by atoms with Crippen molar-refractivity contribution in [3.63, 3.8) is 0 Å². The van der Waals surface area contributed by atoms with Crippen LogP contribution in [0.4, 0.5) is 0 Å². The predicted octanol–water partition coefficient (Wildman–Crippen LogP) is 2.99. The number of rotatable bonds is 8. The van der Waals surface area contributed by atoms with Gasteiger partial charge in [-0.3, -0.25) is 4.79 Å². The average Bonchev–Trinajstić information content (AvgIpc) is 2.72. The van der Waals surface area contributed by atoms with Gasteiger partial charge in [-0.2, -0.15) is 5.26 Å². The van der Waals surface area contributed by atoms with Gasteiger partial charge in [0.1, 0.15) is 5.54 Å². The molecule has 0 bridgehead atoms. The SMILES string of the molecule is CCOc1ccc(/C=C/C(=O)OCC(=O)NC2(C#N)CCCCC2)cc1OC. The number of carbonyl (C=O) groups is 2. The highest BCUT2D eigenvalue weighted by Gasteiger charge is 2.33. The number of nitrogens with zero attached hydrogens (tertiary/aromatic N) is 1. The van der Waals surface area contributed by atoms with Crippen LogP contribution in [0.25, 0.3) is 6.08 Å². The summed E-state index contributed by atoms with van der Waals surface area (Å²) < 4.78 is 15.7. The number of hydrogen-bond donors (Lipinski definition) is 1. The Hall–Kier alpha value is -3.01. The monoisotopic (exact) mass is 386 g/mol. The topological polar surface area (TPSA) is 97.6 Å². The molecule has 150 valence electrons. The number of esters is 1. The summed E-state index contributed by atoms with van der Waals surface area (Å²) in [5, 5.41) is 12.1. The van der Waals surface area contributed by atoms with Crippen LogP contribution in [0.1, 0.15) is 44.6 Å². The van der Waals surface area contributed by atoms with Crippen LogP contribution in [-0.4, -0.2) is 37.7 Å². The van der Waals surface area contributed by atoms with E-state index in [0.717, 1.165) is 24.8 Å². The van der Waals surface area contributed by atoms with Crippen LogP contribution >= 0.6 is 0 Å². The summed E-state index contributed by atoms with van der Waals surface area (Å²) in [7, 11) is 1.54. The number of nitrogens with one attached hydrogen (secondary N) is 1. The zero-order valence-corrected chi connectivity index (χ0v) is 16.3. The van der Waals surface area contributed by atoms with Gasteiger partial charge in [0.25, 0.3) is 5.91 Å². The molecule has 1 N–H and O–H groups in total. The molecule has 2 rings (SSSR count). The van der Waals surface area contributed by atoms with Gasteiger partial charge in [0, 0.05) is 6.08 Å². The fourth-order valence-electron chi connectivity index (χ4n) is 3.13. The van der Waals surface area contributed by atoms with E-state index in [0.29, 0.717) is 30.9 Å². The van der Waals surface area contributed by atoms with Crippen molar-refractivity contribution >= 4 is 18.0 Å². The molecule has 0 aliphatic heterocycles. The molecule has 0 atom stereocenters. The smallest absolute Gasteiger partial charge is 0.331 e. The number of benzene rings is 1. The molecule has 1 amide bonds. The van der Waals surface area contributed by atoms with Gasteiger partial charge in [0.05, 0.1) is 19.8 Å². The minimum Gasteiger partial charge on any atom is -0.493 e. The highest BCUT2D eigenvalue weighted by molar-refractivity contribution is 5.89. The second kappa shape index (κ2) is 10.4. The maximum Gasteiger partial charge on any atom is 0.331 e. The Bertz CT molecular complexity index is 761. The molecule has 7 heteroatoms. The number of methoxy groups -OCH3 is 1. The van der Waals surface area contributed by atoms with Crippen molar-refractivity contribution < 1.29 is 23.8 Å². The highest BCUT2D eigenvalue weighted by atomic mass is 16.5. The zero-order valence-electron chi connectivity index (χ0n) is 16.3. The van der Waals surface area contributed by atoms with Crippen LogP contribution in [0.2, 0.25) is 0 Å². The lowest BCUT2D eigenvalue weighted by Gasteiger charge is -2.31. The summed E-state index contributed by atoms with van der Waals surface area (Å²) in [5.74, 6) is 0.0761. The van der Waals surface area contributed by atoms with Gasteiger partial charge in [-0.25, -0.2) is 4.79 Å². The standard InChI is InChI=1S/C21H26N2O5/c1-3-27-17-9-7-16(13-18(17)26-2)8-10-20(25)28-14-19(24)23-21(15-22)11-5-4-6-12-21/h7-10,13H,3-6,11-12,14H2,1-2H3,(H,23,24)/b10-8+. The number of amides is 1. The maximum atomic E-state index is 12.0. The predicted molar refractivity (Wildman–Crippen MR) is 104 cm³/mol. The zero-order chi connectivity index (χ0) is 20.4. The Kier molecular flexibility index (Phi) is 7.88. The largest absolute Gasteiger partial charge is 0.493 e. The van der Waals surface area contributed by atoms with Crippen LogP contribution in [0.15, 0.2) is 24.3 Å². The van der Waals surface area contributed by atoms with Crippen molar-refractivity contribution in [2.75, 3.05) is 20.3 Å². The lowest BCUT2D eigenvalue weighted by Crippen LogP contribution is -2.49. The number of hydrogen-bond acceptors (Lipinski definition) is 6. The normalized spacial score (nSPS) is 15.5. The molecule has 0 unspecified atom stereocenters. The molecule has 1 saturated carbocycles. The van der Waals surface area contributed by atoms with Gasteiger partial charge >= 0.3 is 5.97 Å². The van der Waals surface area contributed by atoms with E-state index in [1.54, 1.807) is 31.4 Å². The van der Waals surface area contributed by atoms with Crippen molar-refractivity contribution in [3.8, 4) is 17.6 Å². The summed E-state index contributed by atoms with van der Waals surface area (Å²) in [6, 6.07) is 7.47. The minimum absolute atomic E-state index is 0.417. The van der Waals surface area contributed by atoms with E-state index in [2.05, 4.69) is 11.4 Å². The molecule has 0 spiro atoms. The van der Waals surface area contributed by atoms with Gasteiger partial charge in [-0.15, -0.1) is 0 Å². The molecule has 7 nitrogen and oxygen atoms in total. The Balaban J connectivity index is 1.86. The van der Waals surface area contributed by atoms with Gasteiger partial charge < -0.3 is 19.5 Å². The van der Waals surface area contributed by atoms with Crippen molar-refractivity contribution in [1.29, 1.82) is 5.26 Å². The van der Waals surface area contributed by atoms with Gasteiger partial charge in [-0.05, 0) is 43.5 Å². The number of carbonyl (C=O) groups excluding carboxylic acids is 2. The Morgan fingerprint density at radius 2 is 2.00 bits per heavy atom. The Labute approximate surface area is 165 Å². The van der Waals surface area contributed by atoms with Crippen molar-refractivity contribution in [3.05, 3.63) is 29.8 Å². The molecule has 0 aromatic heterocycles. The van der Waals surface area contributed by atoms with Crippen molar-refractivity contribution in [2.45, 2.75) is 44.6 Å². The third-order valence-corrected chi connectivity index (χ3v) is 4.54. The molecule has 1 fully saturated rings. The number of ether oxygens (including phenoxy) is 3. The highest BCUT2D eigenvalue weighted by Crippen LogP contribution is 2.29. The van der Waals surface area contributed by atoms with E-state index in [-0.39, 0.29) is 0 Å².